The second kappa shape index (κ2) is 3.71. The van der Waals surface area contributed by atoms with E-state index in [1.165, 1.54) is 6.33 Å². The molecule has 6 heteroatoms. The summed E-state index contributed by atoms with van der Waals surface area (Å²) >= 11 is 6.11. The Morgan fingerprint density at radius 1 is 1.18 bits per heavy atom. The van der Waals surface area contributed by atoms with Crippen LogP contribution in [-0.4, -0.2) is 19.4 Å². The van der Waals surface area contributed by atoms with Crippen LogP contribution in [0.1, 0.15) is 0 Å². The van der Waals surface area contributed by atoms with Crippen molar-refractivity contribution in [2.75, 3.05) is 5.73 Å². The van der Waals surface area contributed by atoms with Gasteiger partial charge in [0.2, 0.25) is 0 Å². The Morgan fingerprint density at radius 2 is 2.06 bits per heavy atom. The zero-order chi connectivity index (χ0) is 11.8. The first-order chi connectivity index (χ1) is 8.27. The predicted molar refractivity (Wildman–Crippen MR) is 65.6 cm³/mol. The van der Waals surface area contributed by atoms with Crippen LogP contribution in [0, 0.1) is 0 Å². The van der Waals surface area contributed by atoms with Crippen LogP contribution in [0.3, 0.4) is 0 Å². The van der Waals surface area contributed by atoms with E-state index in [-0.39, 0.29) is 5.82 Å². The summed E-state index contributed by atoms with van der Waals surface area (Å²) in [6.07, 6.45) is 4.96. The fourth-order valence-corrected chi connectivity index (χ4v) is 1.90. The molecule has 0 bridgehead atoms. The van der Waals surface area contributed by atoms with Crippen molar-refractivity contribution in [2.45, 2.75) is 0 Å². The van der Waals surface area contributed by atoms with Crippen molar-refractivity contribution in [3.8, 4) is 11.4 Å². The molecule has 0 spiro atoms. The lowest BCUT2D eigenvalue weighted by molar-refractivity contribution is 1.12. The van der Waals surface area contributed by atoms with E-state index in [2.05, 4.69) is 15.0 Å². The zero-order valence-electron chi connectivity index (χ0n) is 8.71. The Hall–Kier alpha value is -2.14. The van der Waals surface area contributed by atoms with Crippen molar-refractivity contribution in [1.29, 1.82) is 0 Å². The van der Waals surface area contributed by atoms with E-state index in [1.807, 2.05) is 28.8 Å². The molecule has 0 saturated heterocycles. The molecule has 0 aliphatic rings. The van der Waals surface area contributed by atoms with Gasteiger partial charge in [-0.25, -0.2) is 15.0 Å². The highest BCUT2D eigenvalue weighted by atomic mass is 35.5. The molecule has 3 heterocycles. The topological polar surface area (TPSA) is 69.1 Å². The van der Waals surface area contributed by atoms with E-state index in [0.29, 0.717) is 10.7 Å². The molecule has 0 radical (unpaired) electrons. The number of rotatable bonds is 1. The fourth-order valence-electron chi connectivity index (χ4n) is 1.70. The van der Waals surface area contributed by atoms with Gasteiger partial charge in [0.1, 0.15) is 28.5 Å². The van der Waals surface area contributed by atoms with Crippen molar-refractivity contribution < 1.29 is 0 Å². The van der Waals surface area contributed by atoms with Gasteiger partial charge in [-0.1, -0.05) is 17.7 Å². The number of halogens is 1. The van der Waals surface area contributed by atoms with Crippen LogP contribution in [0.5, 0.6) is 0 Å². The van der Waals surface area contributed by atoms with Crippen LogP contribution in [0.25, 0.3) is 17.0 Å². The molecule has 0 fully saturated rings. The van der Waals surface area contributed by atoms with E-state index in [0.717, 1.165) is 11.3 Å². The Labute approximate surface area is 102 Å². The first kappa shape index (κ1) is 10.0. The zero-order valence-corrected chi connectivity index (χ0v) is 9.46. The molecule has 2 N–H and O–H groups in total. The molecule has 0 atom stereocenters. The normalized spacial score (nSPS) is 10.9. The summed E-state index contributed by atoms with van der Waals surface area (Å²) in [6.45, 7) is 0. The minimum atomic E-state index is 0.272. The molecule has 0 unspecified atom stereocenters. The number of fused-ring (bicyclic) bond motifs is 1. The predicted octanol–water partition coefficient (Wildman–Crippen LogP) is 2.03. The highest BCUT2D eigenvalue weighted by Crippen LogP contribution is 2.28. The van der Waals surface area contributed by atoms with Crippen LogP contribution in [0.4, 0.5) is 5.82 Å². The van der Waals surface area contributed by atoms with Crippen molar-refractivity contribution in [3.05, 3.63) is 41.9 Å². The van der Waals surface area contributed by atoms with E-state index in [9.17, 15) is 0 Å². The van der Waals surface area contributed by atoms with Gasteiger partial charge >= 0.3 is 0 Å². The summed E-state index contributed by atoms with van der Waals surface area (Å²) in [4.78, 5) is 12.2. The van der Waals surface area contributed by atoms with E-state index in [1.54, 1.807) is 6.20 Å². The molecule has 17 heavy (non-hydrogen) atoms. The SMILES string of the molecule is Nc1ncnc(-c2cccc3nccn23)c1Cl. The average molecular weight is 246 g/mol. The highest BCUT2D eigenvalue weighted by Gasteiger charge is 2.11. The monoisotopic (exact) mass is 245 g/mol. The molecular weight excluding hydrogens is 238 g/mol. The third kappa shape index (κ3) is 1.52. The quantitative estimate of drug-likeness (QED) is 0.712. The summed E-state index contributed by atoms with van der Waals surface area (Å²) in [7, 11) is 0. The molecular formula is C11H8ClN5. The van der Waals surface area contributed by atoms with Crippen LogP contribution < -0.4 is 5.73 Å². The molecule has 3 aromatic heterocycles. The second-order valence-corrected chi connectivity index (χ2v) is 3.87. The van der Waals surface area contributed by atoms with Gasteiger partial charge in [0.15, 0.2) is 0 Å². The maximum absolute atomic E-state index is 6.11. The lowest BCUT2D eigenvalue weighted by Gasteiger charge is -2.07. The Kier molecular flexibility index (Phi) is 2.19. The summed E-state index contributed by atoms with van der Waals surface area (Å²) in [5, 5.41) is 0.355. The number of hydrogen-bond donors (Lipinski definition) is 1. The number of nitrogens with zero attached hydrogens (tertiary/aromatic N) is 4. The molecule has 0 aromatic carbocycles. The Morgan fingerprint density at radius 3 is 2.94 bits per heavy atom. The number of nitrogen functional groups attached to an aromatic ring is 1. The van der Waals surface area contributed by atoms with E-state index < -0.39 is 0 Å². The standard InChI is InChI=1S/C11H8ClN5/c12-9-10(15-6-16-11(9)13)7-2-1-3-8-14-4-5-17(7)8/h1-6H,(H2,13,15,16). The Balaban J connectivity index is 2.34. The number of nitrogens with two attached hydrogens (primary N) is 1. The van der Waals surface area contributed by atoms with Gasteiger partial charge in [0, 0.05) is 12.4 Å². The van der Waals surface area contributed by atoms with Crippen molar-refractivity contribution >= 4 is 23.1 Å². The van der Waals surface area contributed by atoms with Gasteiger partial charge in [-0.05, 0) is 12.1 Å². The van der Waals surface area contributed by atoms with Gasteiger partial charge < -0.3 is 5.73 Å². The number of hydrogen-bond acceptors (Lipinski definition) is 4. The number of pyridine rings is 1. The van der Waals surface area contributed by atoms with Gasteiger partial charge in [-0.3, -0.25) is 4.40 Å². The molecule has 5 nitrogen and oxygen atoms in total. The highest BCUT2D eigenvalue weighted by molar-refractivity contribution is 6.35. The van der Waals surface area contributed by atoms with E-state index >= 15 is 0 Å². The fraction of sp³-hybridized carbons (Fsp3) is 0. The van der Waals surface area contributed by atoms with Gasteiger partial charge in [-0.2, -0.15) is 0 Å². The lowest BCUT2D eigenvalue weighted by Crippen LogP contribution is -1.98. The Bertz CT molecular complexity index is 691. The summed E-state index contributed by atoms with van der Waals surface area (Å²) in [5.74, 6) is 0.272. The average Bonchev–Trinajstić information content (AvgIpc) is 2.81. The number of imidazole rings is 1. The lowest BCUT2D eigenvalue weighted by atomic mass is 10.2. The first-order valence-electron chi connectivity index (χ1n) is 4.96. The summed E-state index contributed by atoms with van der Waals surface area (Å²) < 4.78 is 1.90. The second-order valence-electron chi connectivity index (χ2n) is 3.49. The minimum absolute atomic E-state index is 0.272. The molecule has 84 valence electrons. The van der Waals surface area contributed by atoms with Crippen molar-refractivity contribution in [1.82, 2.24) is 19.4 Å². The number of aromatic nitrogens is 4. The van der Waals surface area contributed by atoms with Gasteiger partial charge in [-0.15, -0.1) is 0 Å². The summed E-state index contributed by atoms with van der Waals surface area (Å²) in [5.41, 5.74) is 7.93. The molecule has 0 aliphatic heterocycles. The molecule has 0 saturated carbocycles. The molecule has 3 rings (SSSR count). The third-order valence-electron chi connectivity index (χ3n) is 2.49. The number of anilines is 1. The minimum Gasteiger partial charge on any atom is -0.382 e. The first-order valence-corrected chi connectivity index (χ1v) is 5.33. The van der Waals surface area contributed by atoms with E-state index in [4.69, 9.17) is 17.3 Å². The van der Waals surface area contributed by atoms with Gasteiger partial charge in [0.25, 0.3) is 0 Å². The van der Waals surface area contributed by atoms with Crippen LogP contribution in [-0.2, 0) is 0 Å². The van der Waals surface area contributed by atoms with Gasteiger partial charge in [0.05, 0.1) is 5.69 Å². The van der Waals surface area contributed by atoms with Crippen molar-refractivity contribution in [2.24, 2.45) is 0 Å². The summed E-state index contributed by atoms with van der Waals surface area (Å²) in [6, 6.07) is 5.70. The molecule has 3 aromatic rings. The van der Waals surface area contributed by atoms with Crippen molar-refractivity contribution in [3.63, 3.8) is 0 Å². The molecule has 0 aliphatic carbocycles. The van der Waals surface area contributed by atoms with Crippen LogP contribution >= 0.6 is 11.6 Å². The third-order valence-corrected chi connectivity index (χ3v) is 2.86. The maximum Gasteiger partial charge on any atom is 0.146 e. The molecule has 0 amide bonds. The van der Waals surface area contributed by atoms with Crippen LogP contribution in [0.15, 0.2) is 36.9 Å². The maximum atomic E-state index is 6.11. The van der Waals surface area contributed by atoms with Crippen LogP contribution in [0.2, 0.25) is 5.02 Å². The smallest absolute Gasteiger partial charge is 0.146 e. The largest absolute Gasteiger partial charge is 0.382 e.